The van der Waals surface area contributed by atoms with Crippen LogP contribution in [0.25, 0.3) is 10.1 Å². The number of carbonyl (C=O) groups is 2. The molecule has 0 bridgehead atoms. The second-order valence-electron chi connectivity index (χ2n) is 5.49. The number of rotatable bonds is 6. The number of fused-ring (bicyclic) bond motifs is 1. The first-order valence-corrected chi connectivity index (χ1v) is 9.19. The van der Waals surface area contributed by atoms with Crippen LogP contribution < -0.4 is 15.5 Å². The van der Waals surface area contributed by atoms with E-state index in [1.165, 1.54) is 17.6 Å². The summed E-state index contributed by atoms with van der Waals surface area (Å²) in [6, 6.07) is 14.7. The van der Waals surface area contributed by atoms with Gasteiger partial charge in [-0.15, -0.1) is 11.3 Å². The molecule has 0 saturated heterocycles. The van der Waals surface area contributed by atoms with Crippen molar-refractivity contribution < 1.29 is 14.3 Å². The van der Waals surface area contributed by atoms with E-state index in [4.69, 9.17) is 16.3 Å². The highest BCUT2D eigenvalue weighted by atomic mass is 35.5. The number of hydrazone groups is 1. The Bertz CT molecular complexity index is 999. The highest BCUT2D eigenvalue weighted by molar-refractivity contribution is 7.21. The van der Waals surface area contributed by atoms with E-state index in [0.29, 0.717) is 9.90 Å². The van der Waals surface area contributed by atoms with E-state index in [1.54, 1.807) is 31.4 Å². The molecule has 0 saturated carbocycles. The number of benzene rings is 2. The number of halogens is 1. The summed E-state index contributed by atoms with van der Waals surface area (Å²) < 4.78 is 5.99. The van der Waals surface area contributed by atoms with Crippen LogP contribution in [0.3, 0.4) is 0 Å². The van der Waals surface area contributed by atoms with Crippen molar-refractivity contribution in [1.82, 2.24) is 10.7 Å². The number of nitrogens with zero attached hydrogens (tertiary/aromatic N) is 1. The second kappa shape index (κ2) is 8.66. The van der Waals surface area contributed by atoms with Gasteiger partial charge in [0.1, 0.15) is 10.6 Å². The van der Waals surface area contributed by atoms with E-state index in [-0.39, 0.29) is 6.54 Å². The maximum atomic E-state index is 12.3. The fourth-order valence-corrected chi connectivity index (χ4v) is 3.74. The number of nitrogens with one attached hydrogen (secondary N) is 2. The monoisotopic (exact) mass is 401 g/mol. The van der Waals surface area contributed by atoms with Gasteiger partial charge in [0.15, 0.2) is 0 Å². The average molecular weight is 402 g/mol. The third-order valence-corrected chi connectivity index (χ3v) is 5.34. The lowest BCUT2D eigenvalue weighted by Crippen LogP contribution is -2.34. The van der Waals surface area contributed by atoms with Crippen molar-refractivity contribution in [2.45, 2.75) is 0 Å². The molecule has 0 aliphatic heterocycles. The van der Waals surface area contributed by atoms with Crippen molar-refractivity contribution in [3.8, 4) is 5.75 Å². The van der Waals surface area contributed by atoms with Gasteiger partial charge >= 0.3 is 0 Å². The van der Waals surface area contributed by atoms with Gasteiger partial charge in [-0.1, -0.05) is 29.8 Å². The van der Waals surface area contributed by atoms with Gasteiger partial charge in [-0.3, -0.25) is 9.59 Å². The summed E-state index contributed by atoms with van der Waals surface area (Å²) in [4.78, 5) is 24.5. The molecule has 138 valence electrons. The molecule has 0 spiro atoms. The summed E-state index contributed by atoms with van der Waals surface area (Å²) in [6.07, 6.45) is 1.50. The lowest BCUT2D eigenvalue weighted by atomic mass is 10.2. The first-order valence-electron chi connectivity index (χ1n) is 7.99. The molecule has 3 rings (SSSR count). The highest BCUT2D eigenvalue weighted by Crippen LogP contribution is 2.34. The van der Waals surface area contributed by atoms with Crippen LogP contribution in [0.2, 0.25) is 5.02 Å². The molecule has 3 aromatic rings. The molecule has 0 atom stereocenters. The molecule has 1 heterocycles. The number of hydrogen-bond acceptors (Lipinski definition) is 5. The summed E-state index contributed by atoms with van der Waals surface area (Å²) in [5, 5.41) is 7.63. The zero-order valence-electron chi connectivity index (χ0n) is 14.4. The number of ether oxygens (including phenoxy) is 1. The van der Waals surface area contributed by atoms with E-state index in [1.807, 2.05) is 24.3 Å². The fraction of sp³-hybridized carbons (Fsp3) is 0.105. The average Bonchev–Trinajstić information content (AvgIpc) is 3.04. The molecule has 0 unspecified atom stereocenters. The van der Waals surface area contributed by atoms with E-state index >= 15 is 0 Å². The van der Waals surface area contributed by atoms with E-state index in [0.717, 1.165) is 21.4 Å². The predicted molar refractivity (Wildman–Crippen MR) is 108 cm³/mol. The van der Waals surface area contributed by atoms with Crippen molar-refractivity contribution in [2.24, 2.45) is 5.10 Å². The lowest BCUT2D eigenvalue weighted by Gasteiger charge is -2.03. The molecule has 2 aromatic carbocycles. The Hall–Kier alpha value is -2.90. The first-order chi connectivity index (χ1) is 13.1. The molecule has 2 amide bonds. The number of carbonyl (C=O) groups excluding carboxylic acids is 2. The Balaban J connectivity index is 1.52. The van der Waals surface area contributed by atoms with Gasteiger partial charge in [0.2, 0.25) is 0 Å². The topological polar surface area (TPSA) is 79.8 Å². The number of thiophene rings is 1. The number of hydrogen-bond donors (Lipinski definition) is 2. The van der Waals surface area contributed by atoms with Gasteiger partial charge in [0.25, 0.3) is 11.8 Å². The summed E-state index contributed by atoms with van der Waals surface area (Å²) in [5.41, 5.74) is 3.17. The maximum Gasteiger partial charge on any atom is 0.263 e. The van der Waals surface area contributed by atoms with Gasteiger partial charge < -0.3 is 10.1 Å². The molecular weight excluding hydrogens is 386 g/mol. The standard InChI is InChI=1S/C19H16ClN3O3S/c1-26-13-8-6-12(7-9-13)10-22-23-16(24)11-21-19(25)18-17(20)14-4-2-3-5-15(14)27-18/h2-10H,11H2,1H3,(H,21,25)(H,23,24)/b22-10+. The summed E-state index contributed by atoms with van der Waals surface area (Å²) >= 11 is 7.54. The van der Waals surface area contributed by atoms with E-state index < -0.39 is 11.8 Å². The molecule has 6 nitrogen and oxygen atoms in total. The molecule has 0 aliphatic rings. The minimum Gasteiger partial charge on any atom is -0.497 e. The number of amides is 2. The van der Waals surface area contributed by atoms with Gasteiger partial charge in [-0.05, 0) is 35.9 Å². The minimum absolute atomic E-state index is 0.205. The van der Waals surface area contributed by atoms with Gasteiger partial charge in [-0.25, -0.2) is 5.43 Å². The second-order valence-corrected chi connectivity index (χ2v) is 6.92. The van der Waals surface area contributed by atoms with Crippen LogP contribution in [0.15, 0.2) is 53.6 Å². The molecular formula is C19H16ClN3O3S. The summed E-state index contributed by atoms with van der Waals surface area (Å²) in [7, 11) is 1.59. The van der Waals surface area contributed by atoms with E-state index in [9.17, 15) is 9.59 Å². The molecule has 0 radical (unpaired) electrons. The Morgan fingerprint density at radius 2 is 1.93 bits per heavy atom. The van der Waals surface area contributed by atoms with Crippen LogP contribution in [-0.2, 0) is 4.79 Å². The summed E-state index contributed by atoms with van der Waals surface area (Å²) in [5.74, 6) is -0.0976. The predicted octanol–water partition coefficient (Wildman–Crippen LogP) is 3.44. The SMILES string of the molecule is COc1ccc(/C=N/NC(=O)CNC(=O)c2sc3ccccc3c2Cl)cc1. The lowest BCUT2D eigenvalue weighted by molar-refractivity contribution is -0.120. The van der Waals surface area contributed by atoms with Crippen LogP contribution in [0.1, 0.15) is 15.2 Å². The zero-order valence-corrected chi connectivity index (χ0v) is 15.9. The van der Waals surface area contributed by atoms with Gasteiger partial charge in [0, 0.05) is 10.1 Å². The molecule has 27 heavy (non-hydrogen) atoms. The largest absolute Gasteiger partial charge is 0.497 e. The normalized spacial score (nSPS) is 10.9. The Kier molecular flexibility index (Phi) is 6.05. The summed E-state index contributed by atoms with van der Waals surface area (Å²) in [6.45, 7) is -0.205. The fourth-order valence-electron chi connectivity index (χ4n) is 2.31. The Labute approximate surface area is 164 Å². The minimum atomic E-state index is -0.439. The highest BCUT2D eigenvalue weighted by Gasteiger charge is 2.17. The Morgan fingerprint density at radius 3 is 2.63 bits per heavy atom. The van der Waals surface area contributed by atoms with Crippen LogP contribution in [-0.4, -0.2) is 31.7 Å². The quantitative estimate of drug-likeness (QED) is 0.490. The van der Waals surface area contributed by atoms with Crippen molar-refractivity contribution in [2.75, 3.05) is 13.7 Å². The van der Waals surface area contributed by atoms with Crippen molar-refractivity contribution in [3.63, 3.8) is 0 Å². The van der Waals surface area contributed by atoms with Crippen molar-refractivity contribution in [1.29, 1.82) is 0 Å². The number of methoxy groups -OCH3 is 1. The van der Waals surface area contributed by atoms with Crippen molar-refractivity contribution in [3.05, 3.63) is 64.0 Å². The maximum absolute atomic E-state index is 12.3. The first kappa shape index (κ1) is 18.9. The Morgan fingerprint density at radius 1 is 1.19 bits per heavy atom. The van der Waals surface area contributed by atoms with Crippen molar-refractivity contribution >= 4 is 51.1 Å². The molecule has 0 fully saturated rings. The van der Waals surface area contributed by atoms with Gasteiger partial charge in [-0.2, -0.15) is 5.10 Å². The third kappa shape index (κ3) is 4.64. The smallest absolute Gasteiger partial charge is 0.263 e. The zero-order chi connectivity index (χ0) is 19.2. The van der Waals surface area contributed by atoms with Crippen LogP contribution in [0.5, 0.6) is 5.75 Å². The molecule has 0 aliphatic carbocycles. The third-order valence-electron chi connectivity index (χ3n) is 3.67. The van der Waals surface area contributed by atoms with Gasteiger partial charge in [0.05, 0.1) is 24.9 Å². The van der Waals surface area contributed by atoms with E-state index in [2.05, 4.69) is 15.8 Å². The molecule has 8 heteroatoms. The van der Waals surface area contributed by atoms with Crippen LogP contribution >= 0.6 is 22.9 Å². The molecule has 1 aromatic heterocycles. The molecule has 2 N–H and O–H groups in total. The van der Waals surface area contributed by atoms with Crippen LogP contribution in [0, 0.1) is 0 Å². The van der Waals surface area contributed by atoms with Crippen LogP contribution in [0.4, 0.5) is 0 Å².